The number of hydrogen-bond donors (Lipinski definition) is 2. The molecule has 0 bridgehead atoms. The number of aromatic nitrogens is 2. The first-order valence-corrected chi connectivity index (χ1v) is 9.75. The number of furan rings is 1. The zero-order chi connectivity index (χ0) is 21.1. The summed E-state index contributed by atoms with van der Waals surface area (Å²) in [5.74, 6) is -2.63. The number of ketones is 1. The van der Waals surface area contributed by atoms with Crippen LogP contribution in [0.25, 0.3) is 22.2 Å². The summed E-state index contributed by atoms with van der Waals surface area (Å²) in [7, 11) is 0. The number of amides is 2. The molecule has 30 heavy (non-hydrogen) atoms. The van der Waals surface area contributed by atoms with Gasteiger partial charge in [-0.25, -0.2) is 0 Å². The normalized spacial score (nSPS) is 11.9. The van der Waals surface area contributed by atoms with E-state index in [0.29, 0.717) is 16.8 Å². The van der Waals surface area contributed by atoms with E-state index in [0.717, 1.165) is 22.7 Å². The summed E-state index contributed by atoms with van der Waals surface area (Å²) in [6.07, 6.45) is 1.63. The number of carbonyl (C=O) groups excluding carboxylic acids is 3. The zero-order valence-electron chi connectivity index (χ0n) is 15.6. The minimum atomic E-state index is -1.12. The Morgan fingerprint density at radius 3 is 2.53 bits per heavy atom. The highest BCUT2D eigenvalue weighted by molar-refractivity contribution is 6.99. The molecule has 2 heterocycles. The van der Waals surface area contributed by atoms with Gasteiger partial charge in [-0.1, -0.05) is 48.5 Å². The second-order valence-corrected chi connectivity index (χ2v) is 7.08. The minimum Gasteiger partial charge on any atom is -0.464 e. The maximum atomic E-state index is 12.9. The largest absolute Gasteiger partial charge is 0.464 e. The van der Waals surface area contributed by atoms with Crippen molar-refractivity contribution in [1.29, 1.82) is 0 Å². The highest BCUT2D eigenvalue weighted by atomic mass is 32.1. The quantitative estimate of drug-likeness (QED) is 0.442. The van der Waals surface area contributed by atoms with Gasteiger partial charge >= 0.3 is 0 Å². The lowest BCUT2D eigenvalue weighted by Crippen LogP contribution is -2.47. The number of para-hydroxylation sites is 1. The van der Waals surface area contributed by atoms with E-state index in [1.165, 1.54) is 6.26 Å². The van der Waals surface area contributed by atoms with Crippen LogP contribution in [0.3, 0.4) is 0 Å². The Balaban J connectivity index is 1.63. The summed E-state index contributed by atoms with van der Waals surface area (Å²) in [6.45, 7) is 0. The van der Waals surface area contributed by atoms with Gasteiger partial charge < -0.3 is 15.5 Å². The summed E-state index contributed by atoms with van der Waals surface area (Å²) in [4.78, 5) is 36.7. The number of carbonyl (C=O) groups is 3. The van der Waals surface area contributed by atoms with Crippen LogP contribution in [0.2, 0.25) is 0 Å². The molecule has 8 nitrogen and oxygen atoms in total. The molecule has 0 fully saturated rings. The van der Waals surface area contributed by atoms with Crippen molar-refractivity contribution >= 4 is 40.3 Å². The molecule has 9 heteroatoms. The predicted octanol–water partition coefficient (Wildman–Crippen LogP) is 2.35. The molecule has 2 amide bonds. The van der Waals surface area contributed by atoms with Gasteiger partial charge in [0.1, 0.15) is 23.6 Å². The Bertz CT molecular complexity index is 1230. The Morgan fingerprint density at radius 1 is 1.03 bits per heavy atom. The smallest absolute Gasteiger partial charge is 0.287 e. The van der Waals surface area contributed by atoms with E-state index < -0.39 is 23.6 Å². The number of fused-ring (bicyclic) bond motifs is 1. The van der Waals surface area contributed by atoms with E-state index in [9.17, 15) is 14.4 Å². The van der Waals surface area contributed by atoms with Gasteiger partial charge in [-0.3, -0.25) is 14.4 Å². The van der Waals surface area contributed by atoms with Gasteiger partial charge in [-0.05, 0) is 11.6 Å². The molecule has 150 valence electrons. The molecule has 1 atom stereocenters. The molecular weight excluding hydrogens is 404 g/mol. The molecule has 0 aliphatic rings. The monoisotopic (exact) mass is 420 g/mol. The van der Waals surface area contributed by atoms with Crippen LogP contribution in [0.5, 0.6) is 0 Å². The number of Topliss-reactive ketones (excluding diaryl/α,β-unsaturated/α-hetero) is 1. The van der Waals surface area contributed by atoms with Gasteiger partial charge in [0.2, 0.25) is 5.78 Å². The van der Waals surface area contributed by atoms with Gasteiger partial charge in [0.15, 0.2) is 5.69 Å². The molecule has 3 N–H and O–H groups in total. The van der Waals surface area contributed by atoms with Gasteiger partial charge in [0, 0.05) is 17.4 Å². The van der Waals surface area contributed by atoms with Crippen LogP contribution in [-0.2, 0) is 16.0 Å². The summed E-state index contributed by atoms with van der Waals surface area (Å²) < 4.78 is 13.9. The van der Waals surface area contributed by atoms with Crippen LogP contribution in [0.15, 0.2) is 65.3 Å². The van der Waals surface area contributed by atoms with E-state index in [-0.39, 0.29) is 12.1 Å². The Morgan fingerprint density at radius 2 is 1.77 bits per heavy atom. The van der Waals surface area contributed by atoms with Crippen molar-refractivity contribution in [2.45, 2.75) is 12.5 Å². The predicted molar refractivity (Wildman–Crippen MR) is 111 cm³/mol. The van der Waals surface area contributed by atoms with Crippen molar-refractivity contribution in [3.8, 4) is 11.3 Å². The number of benzene rings is 2. The molecule has 4 rings (SSSR count). The van der Waals surface area contributed by atoms with Crippen molar-refractivity contribution in [3.63, 3.8) is 0 Å². The lowest BCUT2D eigenvalue weighted by Gasteiger charge is -2.16. The number of rotatable bonds is 7. The first-order chi connectivity index (χ1) is 14.5. The molecule has 2 aromatic heterocycles. The Hall–Kier alpha value is -3.85. The van der Waals surface area contributed by atoms with E-state index in [4.69, 9.17) is 10.2 Å². The summed E-state index contributed by atoms with van der Waals surface area (Å²) >= 11 is 0.868. The minimum absolute atomic E-state index is 0.0434. The fourth-order valence-corrected chi connectivity index (χ4v) is 3.69. The third kappa shape index (κ3) is 3.83. The van der Waals surface area contributed by atoms with Crippen molar-refractivity contribution in [2.24, 2.45) is 5.73 Å². The average molecular weight is 420 g/mol. The molecule has 0 aliphatic carbocycles. The lowest BCUT2D eigenvalue weighted by atomic mass is 10.0. The SMILES string of the molecule is NC(=O)C(=O)C(Cc1ccccc1)NC(=O)c1nsnc1-c1coc2ccccc12. The molecule has 4 aromatic rings. The lowest BCUT2D eigenvalue weighted by molar-refractivity contribution is -0.137. The zero-order valence-corrected chi connectivity index (χ0v) is 16.4. The summed E-state index contributed by atoms with van der Waals surface area (Å²) in [5.41, 5.74) is 7.60. The fraction of sp³-hybridized carbons (Fsp3) is 0.0952. The van der Waals surface area contributed by atoms with E-state index in [1.54, 1.807) is 30.3 Å². The fourth-order valence-electron chi connectivity index (χ4n) is 3.13. The summed E-state index contributed by atoms with van der Waals surface area (Å²) in [6, 6.07) is 15.2. The number of nitrogens with one attached hydrogen (secondary N) is 1. The summed E-state index contributed by atoms with van der Waals surface area (Å²) in [5, 5.41) is 3.37. The molecule has 0 aliphatic heterocycles. The maximum Gasteiger partial charge on any atom is 0.287 e. The molecular formula is C21H16N4O4S. The van der Waals surface area contributed by atoms with Gasteiger partial charge in [-0.15, -0.1) is 0 Å². The Labute approximate surface area is 175 Å². The van der Waals surface area contributed by atoms with Crippen LogP contribution >= 0.6 is 11.7 Å². The Kier molecular flexibility index (Phi) is 5.36. The van der Waals surface area contributed by atoms with Crippen molar-refractivity contribution in [2.75, 3.05) is 0 Å². The standard InChI is InChI=1S/C21H16N4O4S/c22-20(27)19(26)15(10-12-6-2-1-3-7-12)23-21(28)18-17(24-30-25-18)14-11-29-16-9-5-4-8-13(14)16/h1-9,11,15H,10H2,(H2,22,27)(H,23,28). The van der Waals surface area contributed by atoms with E-state index >= 15 is 0 Å². The second-order valence-electron chi connectivity index (χ2n) is 6.55. The number of hydrogen-bond acceptors (Lipinski definition) is 7. The highest BCUT2D eigenvalue weighted by Crippen LogP contribution is 2.31. The molecule has 0 radical (unpaired) electrons. The van der Waals surface area contributed by atoms with Crippen LogP contribution < -0.4 is 11.1 Å². The number of nitrogens with zero attached hydrogens (tertiary/aromatic N) is 2. The first-order valence-electron chi connectivity index (χ1n) is 9.02. The van der Waals surface area contributed by atoms with Gasteiger partial charge in [-0.2, -0.15) is 8.75 Å². The van der Waals surface area contributed by atoms with Crippen LogP contribution in [-0.4, -0.2) is 32.4 Å². The van der Waals surface area contributed by atoms with E-state index in [2.05, 4.69) is 14.1 Å². The molecule has 2 aromatic carbocycles. The van der Waals surface area contributed by atoms with Crippen molar-refractivity contribution in [3.05, 3.63) is 72.1 Å². The average Bonchev–Trinajstić information content (AvgIpc) is 3.40. The second kappa shape index (κ2) is 8.26. The van der Waals surface area contributed by atoms with Crippen molar-refractivity contribution < 1.29 is 18.8 Å². The molecule has 1 unspecified atom stereocenters. The molecule has 0 spiro atoms. The van der Waals surface area contributed by atoms with Crippen LogP contribution in [0, 0.1) is 0 Å². The van der Waals surface area contributed by atoms with Gasteiger partial charge in [0.25, 0.3) is 11.8 Å². The number of primary amides is 1. The molecule has 0 saturated heterocycles. The molecule has 0 saturated carbocycles. The van der Waals surface area contributed by atoms with E-state index in [1.807, 2.05) is 24.3 Å². The highest BCUT2D eigenvalue weighted by Gasteiger charge is 2.29. The van der Waals surface area contributed by atoms with Crippen molar-refractivity contribution in [1.82, 2.24) is 14.1 Å². The topological polar surface area (TPSA) is 128 Å². The number of nitrogens with two attached hydrogens (primary N) is 1. The third-order valence-electron chi connectivity index (χ3n) is 4.59. The van der Waals surface area contributed by atoms with Crippen LogP contribution in [0.1, 0.15) is 16.1 Å². The van der Waals surface area contributed by atoms with Crippen LogP contribution in [0.4, 0.5) is 0 Å². The van der Waals surface area contributed by atoms with Gasteiger partial charge in [0.05, 0.1) is 11.7 Å². The first kappa shape index (κ1) is 19.5. The third-order valence-corrected chi connectivity index (χ3v) is 5.12. The maximum absolute atomic E-state index is 12.9.